The Hall–Kier alpha value is 0. The lowest BCUT2D eigenvalue weighted by atomic mass is 9.76. The van der Waals surface area contributed by atoms with Gasteiger partial charge < -0.3 is 0 Å². The highest BCUT2D eigenvalue weighted by Crippen LogP contribution is 2.33. The summed E-state index contributed by atoms with van der Waals surface area (Å²) in [6.07, 6.45) is 6.92. The van der Waals surface area contributed by atoms with Crippen LogP contribution >= 0.6 is 0 Å². The van der Waals surface area contributed by atoms with Gasteiger partial charge in [-0.2, -0.15) is 0 Å². The Kier molecular flexibility index (Phi) is 6.48. The van der Waals surface area contributed by atoms with E-state index in [4.69, 9.17) is 0 Å². The number of rotatable bonds is 7. The van der Waals surface area contributed by atoms with Crippen LogP contribution < -0.4 is 0 Å². The molecule has 0 spiro atoms. The largest absolute Gasteiger partial charge is 0.0654 e. The minimum atomic E-state index is 0.543. The van der Waals surface area contributed by atoms with Crippen LogP contribution in [0.4, 0.5) is 0 Å². The molecule has 0 aromatic heterocycles. The van der Waals surface area contributed by atoms with Crippen LogP contribution in [0, 0.1) is 17.3 Å². The normalized spacial score (nSPS) is 14.8. The molecule has 86 valence electrons. The summed E-state index contributed by atoms with van der Waals surface area (Å²) in [6, 6.07) is 0. The number of hydrogen-bond acceptors (Lipinski definition) is 0. The van der Waals surface area contributed by atoms with Gasteiger partial charge >= 0.3 is 0 Å². The molecule has 0 rings (SSSR count). The smallest absolute Gasteiger partial charge is 0.0349 e. The number of hydrogen-bond donors (Lipinski definition) is 0. The molecule has 0 nitrogen and oxygen atoms in total. The van der Waals surface area contributed by atoms with E-state index in [1.807, 2.05) is 0 Å². The fraction of sp³-hybridized carbons (Fsp3) is 1.00. The average molecular weight is 198 g/mol. The quantitative estimate of drug-likeness (QED) is 0.522. The second-order valence-electron chi connectivity index (χ2n) is 6.21. The summed E-state index contributed by atoms with van der Waals surface area (Å²) in [5.41, 5.74) is 0.543. The Bertz CT molecular complexity index is 133. The summed E-state index contributed by atoms with van der Waals surface area (Å²) < 4.78 is 0. The molecule has 0 amide bonds. The van der Waals surface area contributed by atoms with Crippen molar-refractivity contribution in [1.29, 1.82) is 0 Å². The van der Waals surface area contributed by atoms with Gasteiger partial charge in [0.1, 0.15) is 0 Å². The van der Waals surface area contributed by atoms with Gasteiger partial charge in [-0.25, -0.2) is 0 Å². The van der Waals surface area contributed by atoms with E-state index in [9.17, 15) is 0 Å². The molecule has 0 aliphatic heterocycles. The minimum Gasteiger partial charge on any atom is -0.0654 e. The first-order valence-electron chi connectivity index (χ1n) is 6.37. The molecule has 14 heavy (non-hydrogen) atoms. The molecule has 0 aliphatic carbocycles. The molecule has 0 heteroatoms. The lowest BCUT2D eigenvalue weighted by Crippen LogP contribution is -2.18. The first-order chi connectivity index (χ1) is 6.37. The van der Waals surface area contributed by atoms with Gasteiger partial charge in [-0.3, -0.25) is 0 Å². The van der Waals surface area contributed by atoms with Crippen molar-refractivity contribution in [3.05, 3.63) is 0 Å². The maximum absolute atomic E-state index is 2.43. The van der Waals surface area contributed by atoms with E-state index in [1.165, 1.54) is 32.1 Å². The predicted octanol–water partition coefficient (Wildman–Crippen LogP) is 5.28. The van der Waals surface area contributed by atoms with Crippen LogP contribution in [0.3, 0.4) is 0 Å². The van der Waals surface area contributed by atoms with Crippen molar-refractivity contribution in [2.45, 2.75) is 73.6 Å². The maximum atomic E-state index is 2.43. The zero-order valence-electron chi connectivity index (χ0n) is 11.2. The summed E-state index contributed by atoms with van der Waals surface area (Å²) in [4.78, 5) is 0. The van der Waals surface area contributed by atoms with E-state index in [-0.39, 0.29) is 0 Å². The van der Waals surface area contributed by atoms with Crippen molar-refractivity contribution in [3.63, 3.8) is 0 Å². The van der Waals surface area contributed by atoms with Crippen molar-refractivity contribution >= 4 is 0 Å². The van der Waals surface area contributed by atoms with E-state index in [2.05, 4.69) is 41.5 Å². The molecule has 0 radical (unpaired) electrons. The molecule has 1 unspecified atom stereocenters. The second-order valence-corrected chi connectivity index (χ2v) is 6.21. The molecular weight excluding hydrogens is 168 g/mol. The third-order valence-electron chi connectivity index (χ3n) is 2.91. The van der Waals surface area contributed by atoms with Gasteiger partial charge in [-0.05, 0) is 30.1 Å². The van der Waals surface area contributed by atoms with Crippen LogP contribution in [0.2, 0.25) is 0 Å². The average Bonchev–Trinajstić information content (AvgIpc) is 1.96. The lowest BCUT2D eigenvalue weighted by Gasteiger charge is -2.29. The highest BCUT2D eigenvalue weighted by molar-refractivity contribution is 4.73. The molecule has 0 heterocycles. The molecule has 0 saturated heterocycles. The monoisotopic (exact) mass is 198 g/mol. The molecule has 0 saturated carbocycles. The van der Waals surface area contributed by atoms with E-state index >= 15 is 0 Å². The third-order valence-corrected chi connectivity index (χ3v) is 2.91. The molecule has 0 aromatic rings. The van der Waals surface area contributed by atoms with Crippen LogP contribution in [-0.4, -0.2) is 0 Å². The highest BCUT2D eigenvalue weighted by atomic mass is 14.3. The SMILES string of the molecule is CCCCC(C)CC(C)(C)CC(C)C. The van der Waals surface area contributed by atoms with Crippen molar-refractivity contribution < 1.29 is 0 Å². The summed E-state index contributed by atoms with van der Waals surface area (Å²) in [6.45, 7) is 14.2. The first-order valence-corrected chi connectivity index (χ1v) is 6.37. The second kappa shape index (κ2) is 6.48. The van der Waals surface area contributed by atoms with Crippen LogP contribution in [0.25, 0.3) is 0 Å². The van der Waals surface area contributed by atoms with Crippen molar-refractivity contribution in [2.75, 3.05) is 0 Å². The summed E-state index contributed by atoms with van der Waals surface area (Å²) in [5, 5.41) is 0. The molecule has 1 atom stereocenters. The predicted molar refractivity (Wildman–Crippen MR) is 66.5 cm³/mol. The van der Waals surface area contributed by atoms with E-state index in [1.54, 1.807) is 0 Å². The Morgan fingerprint density at radius 1 is 1.00 bits per heavy atom. The van der Waals surface area contributed by atoms with Crippen LogP contribution in [-0.2, 0) is 0 Å². The van der Waals surface area contributed by atoms with Gasteiger partial charge in [0.05, 0.1) is 0 Å². The standard InChI is InChI=1S/C14H30/c1-7-8-9-13(4)11-14(5,6)10-12(2)3/h12-13H,7-11H2,1-6H3. The first kappa shape index (κ1) is 14.0. The zero-order valence-corrected chi connectivity index (χ0v) is 11.2. The van der Waals surface area contributed by atoms with Crippen molar-refractivity contribution in [2.24, 2.45) is 17.3 Å². The van der Waals surface area contributed by atoms with Crippen molar-refractivity contribution in [1.82, 2.24) is 0 Å². The maximum Gasteiger partial charge on any atom is -0.0349 e. The fourth-order valence-electron chi connectivity index (χ4n) is 2.79. The molecule has 0 N–H and O–H groups in total. The number of unbranched alkanes of at least 4 members (excludes halogenated alkanes) is 1. The molecule has 0 bridgehead atoms. The van der Waals surface area contributed by atoms with Crippen LogP contribution in [0.5, 0.6) is 0 Å². The highest BCUT2D eigenvalue weighted by Gasteiger charge is 2.21. The Labute approximate surface area is 91.5 Å². The van der Waals surface area contributed by atoms with E-state index in [0.717, 1.165) is 11.8 Å². The van der Waals surface area contributed by atoms with Crippen LogP contribution in [0.15, 0.2) is 0 Å². The summed E-state index contributed by atoms with van der Waals surface area (Å²) in [7, 11) is 0. The molecular formula is C14H30. The molecule has 0 fully saturated rings. The van der Waals surface area contributed by atoms with Gasteiger partial charge in [0.15, 0.2) is 0 Å². The van der Waals surface area contributed by atoms with Crippen molar-refractivity contribution in [3.8, 4) is 0 Å². The zero-order chi connectivity index (χ0) is 11.2. The van der Waals surface area contributed by atoms with Gasteiger partial charge in [0.2, 0.25) is 0 Å². The summed E-state index contributed by atoms with van der Waals surface area (Å²) in [5.74, 6) is 1.74. The van der Waals surface area contributed by atoms with E-state index < -0.39 is 0 Å². The molecule has 0 aromatic carbocycles. The fourth-order valence-corrected chi connectivity index (χ4v) is 2.79. The van der Waals surface area contributed by atoms with Gasteiger partial charge in [-0.15, -0.1) is 0 Å². The summed E-state index contributed by atoms with van der Waals surface area (Å²) >= 11 is 0. The lowest BCUT2D eigenvalue weighted by molar-refractivity contribution is 0.219. The Balaban J connectivity index is 3.82. The third kappa shape index (κ3) is 7.41. The van der Waals surface area contributed by atoms with E-state index in [0.29, 0.717) is 5.41 Å². The topological polar surface area (TPSA) is 0 Å². The van der Waals surface area contributed by atoms with Gasteiger partial charge in [-0.1, -0.05) is 60.8 Å². The Morgan fingerprint density at radius 2 is 1.57 bits per heavy atom. The van der Waals surface area contributed by atoms with Gasteiger partial charge in [0.25, 0.3) is 0 Å². The minimum absolute atomic E-state index is 0.543. The Morgan fingerprint density at radius 3 is 2.00 bits per heavy atom. The van der Waals surface area contributed by atoms with Crippen LogP contribution in [0.1, 0.15) is 73.6 Å². The molecule has 0 aliphatic rings. The van der Waals surface area contributed by atoms with Gasteiger partial charge in [0, 0.05) is 0 Å².